The van der Waals surface area contributed by atoms with Crippen LogP contribution in [0.3, 0.4) is 0 Å². The Morgan fingerprint density at radius 3 is 2.73 bits per heavy atom. The predicted octanol–water partition coefficient (Wildman–Crippen LogP) is 2.11. The minimum absolute atomic E-state index is 0.255. The Morgan fingerprint density at radius 2 is 2.20 bits per heavy atom. The first kappa shape index (κ1) is 11.6. The topological polar surface area (TPSA) is 52.3 Å². The molecule has 0 heterocycles. The molecule has 15 heavy (non-hydrogen) atoms. The minimum Gasteiger partial charge on any atom is -0.469 e. The molecule has 0 bridgehead atoms. The summed E-state index contributed by atoms with van der Waals surface area (Å²) in [6, 6.07) is 5.77. The van der Waals surface area contributed by atoms with Gasteiger partial charge in [-0.1, -0.05) is 25.1 Å². The van der Waals surface area contributed by atoms with Crippen molar-refractivity contribution in [3.8, 4) is 0 Å². The number of carbonyl (C=O) groups is 1. The standard InChI is InChI=1S/C12H17NO2/c1-4-9-6-5-7-10(11(9)13)8(2)12(14)15-3/h5-8H,4,13H2,1-3H3. The number of carbonyl (C=O) groups excluding carboxylic acids is 1. The number of nitrogen functional groups attached to an aromatic ring is 1. The lowest BCUT2D eigenvalue weighted by atomic mass is 9.96. The lowest BCUT2D eigenvalue weighted by molar-refractivity contribution is -0.141. The summed E-state index contributed by atoms with van der Waals surface area (Å²) in [5.74, 6) is -0.559. The van der Waals surface area contributed by atoms with Gasteiger partial charge in [0.15, 0.2) is 0 Å². The van der Waals surface area contributed by atoms with Gasteiger partial charge in [-0.25, -0.2) is 0 Å². The Kier molecular flexibility index (Phi) is 3.72. The highest BCUT2D eigenvalue weighted by Crippen LogP contribution is 2.26. The van der Waals surface area contributed by atoms with E-state index in [1.165, 1.54) is 7.11 Å². The maximum atomic E-state index is 11.4. The van der Waals surface area contributed by atoms with E-state index in [1.807, 2.05) is 25.1 Å². The Labute approximate surface area is 90.2 Å². The minimum atomic E-state index is -0.304. The number of hydrogen-bond acceptors (Lipinski definition) is 3. The first-order valence-electron chi connectivity index (χ1n) is 5.06. The Balaban J connectivity index is 3.09. The number of hydrogen-bond donors (Lipinski definition) is 1. The molecule has 1 aromatic rings. The van der Waals surface area contributed by atoms with Crippen molar-refractivity contribution in [2.24, 2.45) is 0 Å². The van der Waals surface area contributed by atoms with Gasteiger partial charge in [0, 0.05) is 5.69 Å². The number of esters is 1. The molecule has 0 aliphatic carbocycles. The Morgan fingerprint density at radius 1 is 1.53 bits per heavy atom. The van der Waals surface area contributed by atoms with Crippen molar-refractivity contribution in [1.29, 1.82) is 0 Å². The monoisotopic (exact) mass is 207 g/mol. The van der Waals surface area contributed by atoms with Crippen molar-refractivity contribution < 1.29 is 9.53 Å². The third kappa shape index (κ3) is 2.29. The fraction of sp³-hybridized carbons (Fsp3) is 0.417. The number of ether oxygens (including phenoxy) is 1. The van der Waals surface area contributed by atoms with Gasteiger partial charge in [0.1, 0.15) is 0 Å². The summed E-state index contributed by atoms with van der Waals surface area (Å²) in [6.45, 7) is 3.84. The molecule has 0 aromatic heterocycles. The summed E-state index contributed by atoms with van der Waals surface area (Å²) in [6.07, 6.45) is 0.869. The van der Waals surface area contributed by atoms with Crippen molar-refractivity contribution in [2.45, 2.75) is 26.2 Å². The molecule has 1 rings (SSSR count). The van der Waals surface area contributed by atoms with E-state index in [-0.39, 0.29) is 11.9 Å². The summed E-state index contributed by atoms with van der Waals surface area (Å²) >= 11 is 0. The quantitative estimate of drug-likeness (QED) is 0.610. The van der Waals surface area contributed by atoms with Crippen LogP contribution < -0.4 is 5.73 Å². The van der Waals surface area contributed by atoms with E-state index in [1.54, 1.807) is 6.92 Å². The van der Waals surface area contributed by atoms with Gasteiger partial charge in [-0.2, -0.15) is 0 Å². The molecule has 0 aliphatic rings. The highest BCUT2D eigenvalue weighted by atomic mass is 16.5. The highest BCUT2D eigenvalue weighted by molar-refractivity contribution is 5.80. The van der Waals surface area contributed by atoms with Gasteiger partial charge in [0.25, 0.3) is 0 Å². The van der Waals surface area contributed by atoms with E-state index in [9.17, 15) is 4.79 Å². The van der Waals surface area contributed by atoms with E-state index in [2.05, 4.69) is 0 Å². The maximum absolute atomic E-state index is 11.4. The molecule has 3 heteroatoms. The largest absolute Gasteiger partial charge is 0.469 e. The van der Waals surface area contributed by atoms with Crippen molar-refractivity contribution in [2.75, 3.05) is 12.8 Å². The second-order valence-electron chi connectivity index (χ2n) is 3.52. The number of para-hydroxylation sites is 1. The number of rotatable bonds is 3. The zero-order valence-corrected chi connectivity index (χ0v) is 9.41. The van der Waals surface area contributed by atoms with Crippen molar-refractivity contribution in [3.05, 3.63) is 29.3 Å². The summed E-state index contributed by atoms with van der Waals surface area (Å²) in [4.78, 5) is 11.4. The molecule has 1 aromatic carbocycles. The van der Waals surface area contributed by atoms with E-state index >= 15 is 0 Å². The first-order valence-corrected chi connectivity index (χ1v) is 5.06. The van der Waals surface area contributed by atoms with E-state index in [0.29, 0.717) is 5.69 Å². The van der Waals surface area contributed by atoms with Crippen LogP contribution in [0.5, 0.6) is 0 Å². The molecular formula is C12H17NO2. The summed E-state index contributed by atoms with van der Waals surface area (Å²) in [5.41, 5.74) is 8.61. The molecule has 2 N–H and O–H groups in total. The van der Waals surface area contributed by atoms with Crippen LogP contribution in [0.2, 0.25) is 0 Å². The molecule has 0 spiro atoms. The van der Waals surface area contributed by atoms with Crippen molar-refractivity contribution >= 4 is 11.7 Å². The Hall–Kier alpha value is -1.51. The Bertz CT molecular complexity index is 361. The lowest BCUT2D eigenvalue weighted by Gasteiger charge is -2.14. The molecule has 1 atom stereocenters. The zero-order chi connectivity index (χ0) is 11.4. The molecule has 3 nitrogen and oxygen atoms in total. The first-order chi connectivity index (χ1) is 7.11. The third-order valence-electron chi connectivity index (χ3n) is 2.63. The molecule has 1 unspecified atom stereocenters. The second-order valence-corrected chi connectivity index (χ2v) is 3.52. The SMILES string of the molecule is CCc1cccc(C(C)C(=O)OC)c1N. The van der Waals surface area contributed by atoms with Crippen LogP contribution in [-0.2, 0) is 16.0 Å². The second kappa shape index (κ2) is 4.82. The van der Waals surface area contributed by atoms with Gasteiger partial charge in [0.2, 0.25) is 0 Å². The number of nitrogens with two attached hydrogens (primary N) is 1. The van der Waals surface area contributed by atoms with E-state index in [4.69, 9.17) is 10.5 Å². The van der Waals surface area contributed by atoms with Crippen LogP contribution in [0.4, 0.5) is 5.69 Å². The molecule has 0 aliphatic heterocycles. The third-order valence-corrected chi connectivity index (χ3v) is 2.63. The fourth-order valence-electron chi connectivity index (χ4n) is 1.62. The summed E-state index contributed by atoms with van der Waals surface area (Å²) < 4.78 is 4.70. The highest BCUT2D eigenvalue weighted by Gasteiger charge is 2.18. The van der Waals surface area contributed by atoms with Gasteiger partial charge in [0.05, 0.1) is 13.0 Å². The summed E-state index contributed by atoms with van der Waals surface area (Å²) in [5, 5.41) is 0. The van der Waals surface area contributed by atoms with Gasteiger partial charge < -0.3 is 10.5 Å². The van der Waals surface area contributed by atoms with Gasteiger partial charge in [-0.3, -0.25) is 4.79 Å². The molecule has 0 amide bonds. The molecule has 0 fully saturated rings. The van der Waals surface area contributed by atoms with Crippen molar-refractivity contribution in [3.63, 3.8) is 0 Å². The van der Waals surface area contributed by atoms with Gasteiger partial charge in [-0.05, 0) is 24.5 Å². The molecule has 0 saturated heterocycles. The average molecular weight is 207 g/mol. The molecule has 0 radical (unpaired) electrons. The van der Waals surface area contributed by atoms with Crippen LogP contribution in [-0.4, -0.2) is 13.1 Å². The molecule has 0 saturated carbocycles. The lowest BCUT2D eigenvalue weighted by Crippen LogP contribution is -2.13. The van der Waals surface area contributed by atoms with Crippen LogP contribution in [0.25, 0.3) is 0 Å². The molecular weight excluding hydrogens is 190 g/mol. The van der Waals surface area contributed by atoms with Crippen LogP contribution in [0, 0.1) is 0 Å². The van der Waals surface area contributed by atoms with Crippen LogP contribution in [0.15, 0.2) is 18.2 Å². The van der Waals surface area contributed by atoms with E-state index < -0.39 is 0 Å². The van der Waals surface area contributed by atoms with Gasteiger partial charge in [-0.15, -0.1) is 0 Å². The van der Waals surface area contributed by atoms with Crippen LogP contribution in [0.1, 0.15) is 30.9 Å². The fourth-order valence-corrected chi connectivity index (χ4v) is 1.62. The number of aryl methyl sites for hydroxylation is 1. The normalized spacial score (nSPS) is 12.2. The number of methoxy groups -OCH3 is 1. The van der Waals surface area contributed by atoms with Gasteiger partial charge >= 0.3 is 5.97 Å². The average Bonchev–Trinajstić information content (AvgIpc) is 2.27. The zero-order valence-electron chi connectivity index (χ0n) is 9.41. The maximum Gasteiger partial charge on any atom is 0.312 e. The number of anilines is 1. The predicted molar refractivity (Wildman–Crippen MR) is 60.7 cm³/mol. The van der Waals surface area contributed by atoms with Crippen molar-refractivity contribution in [1.82, 2.24) is 0 Å². The van der Waals surface area contributed by atoms with Crippen LogP contribution >= 0.6 is 0 Å². The molecule has 82 valence electrons. The number of benzene rings is 1. The smallest absolute Gasteiger partial charge is 0.312 e. The summed E-state index contributed by atoms with van der Waals surface area (Å²) in [7, 11) is 1.39. The van der Waals surface area contributed by atoms with E-state index in [0.717, 1.165) is 17.5 Å².